The Hall–Kier alpha value is -2.09. The molecule has 1 aromatic rings. The lowest BCUT2D eigenvalue weighted by molar-refractivity contribution is -0.137. The molecular weight excluding hydrogens is 311 g/mol. The molecule has 0 aliphatic carbocycles. The number of urea groups is 1. The number of halogens is 3. The van der Waals surface area contributed by atoms with E-state index in [2.05, 4.69) is 5.32 Å². The number of imide groups is 1. The lowest BCUT2D eigenvalue weighted by Gasteiger charge is -2.26. The summed E-state index contributed by atoms with van der Waals surface area (Å²) in [6.45, 7) is 2.73. The van der Waals surface area contributed by atoms with E-state index < -0.39 is 23.8 Å². The van der Waals surface area contributed by atoms with Crippen molar-refractivity contribution >= 4 is 11.9 Å². The van der Waals surface area contributed by atoms with Crippen LogP contribution >= 0.6 is 0 Å². The van der Waals surface area contributed by atoms with Crippen LogP contribution in [-0.4, -0.2) is 47.9 Å². The van der Waals surface area contributed by atoms with Crippen LogP contribution in [0, 0.1) is 0 Å². The van der Waals surface area contributed by atoms with E-state index in [9.17, 15) is 22.8 Å². The monoisotopic (exact) mass is 329 g/mol. The van der Waals surface area contributed by atoms with Crippen LogP contribution in [0.5, 0.6) is 0 Å². The summed E-state index contributed by atoms with van der Waals surface area (Å²) in [4.78, 5) is 26.6. The standard InChI is InChI=1S/C15H18F3N3O2/c1-10(13(22)21-8-7-19-14(21)23)20(2)9-11-3-5-12(6-4-11)15(16,17)18/h3-6,10H,7-9H2,1-2H3,(H,19,23)/t10-/m1/s1. The van der Waals surface area contributed by atoms with Crippen LogP contribution in [0.2, 0.25) is 0 Å². The minimum Gasteiger partial charge on any atom is -0.336 e. The predicted molar refractivity (Wildman–Crippen MR) is 77.5 cm³/mol. The van der Waals surface area contributed by atoms with E-state index in [0.29, 0.717) is 25.2 Å². The minimum absolute atomic E-state index is 0.306. The van der Waals surface area contributed by atoms with Gasteiger partial charge in [0, 0.05) is 19.6 Å². The molecule has 2 rings (SSSR count). The van der Waals surface area contributed by atoms with Gasteiger partial charge < -0.3 is 5.32 Å². The first-order valence-electron chi connectivity index (χ1n) is 7.15. The summed E-state index contributed by atoms with van der Waals surface area (Å²) in [5.74, 6) is -0.325. The molecule has 0 unspecified atom stereocenters. The van der Waals surface area contributed by atoms with Crippen LogP contribution in [0.3, 0.4) is 0 Å². The second kappa shape index (κ2) is 6.57. The van der Waals surface area contributed by atoms with E-state index in [1.54, 1.807) is 18.9 Å². The first kappa shape index (κ1) is 17.3. The van der Waals surface area contributed by atoms with E-state index in [-0.39, 0.29) is 5.91 Å². The van der Waals surface area contributed by atoms with Gasteiger partial charge in [-0.15, -0.1) is 0 Å². The summed E-state index contributed by atoms with van der Waals surface area (Å²) in [5, 5.41) is 2.56. The van der Waals surface area contributed by atoms with E-state index in [0.717, 1.165) is 17.0 Å². The summed E-state index contributed by atoms with van der Waals surface area (Å²) in [7, 11) is 1.69. The Kier molecular flexibility index (Phi) is 4.93. The van der Waals surface area contributed by atoms with Crippen molar-refractivity contribution in [2.24, 2.45) is 0 Å². The highest BCUT2D eigenvalue weighted by molar-refractivity contribution is 5.98. The molecule has 1 heterocycles. The molecule has 0 bridgehead atoms. The van der Waals surface area contributed by atoms with Crippen molar-refractivity contribution in [1.82, 2.24) is 15.1 Å². The van der Waals surface area contributed by atoms with Crippen molar-refractivity contribution in [3.05, 3.63) is 35.4 Å². The number of alkyl halides is 3. The Labute approximate surface area is 132 Å². The largest absolute Gasteiger partial charge is 0.416 e. The highest BCUT2D eigenvalue weighted by Crippen LogP contribution is 2.29. The molecule has 5 nitrogen and oxygen atoms in total. The Morgan fingerprint density at radius 1 is 1.35 bits per heavy atom. The zero-order valence-electron chi connectivity index (χ0n) is 12.9. The zero-order chi connectivity index (χ0) is 17.2. The maximum Gasteiger partial charge on any atom is 0.416 e. The van der Waals surface area contributed by atoms with Gasteiger partial charge in [0.25, 0.3) is 0 Å². The van der Waals surface area contributed by atoms with Crippen LogP contribution in [0.1, 0.15) is 18.1 Å². The molecule has 1 fully saturated rings. The Morgan fingerprint density at radius 2 is 1.96 bits per heavy atom. The minimum atomic E-state index is -4.36. The second-order valence-electron chi connectivity index (χ2n) is 5.51. The van der Waals surface area contributed by atoms with Crippen molar-refractivity contribution in [1.29, 1.82) is 0 Å². The summed E-state index contributed by atoms with van der Waals surface area (Å²) in [5.41, 5.74) is -0.0483. The maximum atomic E-state index is 12.5. The Bertz CT molecular complexity index is 587. The molecule has 0 spiro atoms. The van der Waals surface area contributed by atoms with Crippen molar-refractivity contribution in [2.45, 2.75) is 25.7 Å². The molecule has 1 atom stereocenters. The predicted octanol–water partition coefficient (Wildman–Crippen LogP) is 2.08. The molecular formula is C15H18F3N3O2. The first-order valence-corrected chi connectivity index (χ1v) is 7.15. The molecule has 1 saturated heterocycles. The Balaban J connectivity index is 1.99. The van der Waals surface area contributed by atoms with E-state index in [1.165, 1.54) is 12.1 Å². The third kappa shape index (κ3) is 4.01. The number of carbonyl (C=O) groups is 2. The molecule has 1 aromatic carbocycles. The van der Waals surface area contributed by atoms with Crippen molar-refractivity contribution < 1.29 is 22.8 Å². The third-order valence-corrected chi connectivity index (χ3v) is 3.85. The number of amides is 3. The van der Waals surface area contributed by atoms with Gasteiger partial charge in [-0.05, 0) is 31.7 Å². The number of hydrogen-bond acceptors (Lipinski definition) is 3. The number of nitrogens with zero attached hydrogens (tertiary/aromatic N) is 2. The lowest BCUT2D eigenvalue weighted by atomic mass is 10.1. The quantitative estimate of drug-likeness (QED) is 0.920. The van der Waals surface area contributed by atoms with Crippen molar-refractivity contribution in [3.8, 4) is 0 Å². The first-order chi connectivity index (χ1) is 10.7. The molecule has 0 saturated carbocycles. The van der Waals surface area contributed by atoms with Crippen LogP contribution in [0.25, 0.3) is 0 Å². The number of likely N-dealkylation sites (N-methyl/N-ethyl adjacent to an activating group) is 1. The van der Waals surface area contributed by atoms with Crippen molar-refractivity contribution in [3.63, 3.8) is 0 Å². The van der Waals surface area contributed by atoms with Gasteiger partial charge in [-0.1, -0.05) is 12.1 Å². The van der Waals surface area contributed by atoms with Crippen LogP contribution in [0.15, 0.2) is 24.3 Å². The second-order valence-corrected chi connectivity index (χ2v) is 5.51. The number of hydrogen-bond donors (Lipinski definition) is 1. The molecule has 1 aliphatic rings. The number of benzene rings is 1. The van der Waals surface area contributed by atoms with Gasteiger partial charge in [0.1, 0.15) is 0 Å². The summed E-state index contributed by atoms with van der Waals surface area (Å²) < 4.78 is 37.6. The number of carbonyl (C=O) groups excluding carboxylic acids is 2. The number of nitrogens with one attached hydrogen (secondary N) is 1. The molecule has 1 N–H and O–H groups in total. The Morgan fingerprint density at radius 3 is 2.43 bits per heavy atom. The topological polar surface area (TPSA) is 52.7 Å². The van der Waals surface area contributed by atoms with Crippen LogP contribution in [-0.2, 0) is 17.5 Å². The molecule has 0 aromatic heterocycles. The van der Waals surface area contributed by atoms with Gasteiger partial charge in [0.15, 0.2) is 0 Å². The molecule has 1 aliphatic heterocycles. The molecule has 126 valence electrons. The van der Waals surface area contributed by atoms with Gasteiger partial charge in [-0.3, -0.25) is 14.6 Å². The average Bonchev–Trinajstić information content (AvgIpc) is 2.91. The van der Waals surface area contributed by atoms with Crippen LogP contribution < -0.4 is 5.32 Å². The normalized spacial score (nSPS) is 16.6. The van der Waals surface area contributed by atoms with E-state index >= 15 is 0 Å². The third-order valence-electron chi connectivity index (χ3n) is 3.85. The number of rotatable bonds is 4. The molecule has 3 amide bonds. The zero-order valence-corrected chi connectivity index (χ0v) is 12.9. The van der Waals surface area contributed by atoms with Gasteiger partial charge in [-0.2, -0.15) is 13.2 Å². The van der Waals surface area contributed by atoms with Gasteiger partial charge in [0.2, 0.25) is 5.91 Å². The lowest BCUT2D eigenvalue weighted by Crippen LogP contribution is -2.46. The fourth-order valence-electron chi connectivity index (χ4n) is 2.32. The SMILES string of the molecule is C[C@H](C(=O)N1CCNC1=O)N(C)Cc1ccc(C(F)(F)F)cc1. The highest BCUT2D eigenvalue weighted by atomic mass is 19.4. The molecule has 0 radical (unpaired) electrons. The fraction of sp³-hybridized carbons (Fsp3) is 0.467. The van der Waals surface area contributed by atoms with Gasteiger partial charge in [0.05, 0.1) is 11.6 Å². The van der Waals surface area contributed by atoms with Crippen molar-refractivity contribution in [2.75, 3.05) is 20.1 Å². The summed E-state index contributed by atoms with van der Waals surface area (Å²) in [6, 6.07) is 3.84. The molecule has 23 heavy (non-hydrogen) atoms. The van der Waals surface area contributed by atoms with Gasteiger partial charge in [-0.25, -0.2) is 4.79 Å². The summed E-state index contributed by atoms with van der Waals surface area (Å²) >= 11 is 0. The smallest absolute Gasteiger partial charge is 0.336 e. The fourth-order valence-corrected chi connectivity index (χ4v) is 2.32. The average molecular weight is 329 g/mol. The van der Waals surface area contributed by atoms with E-state index in [1.807, 2.05) is 0 Å². The highest BCUT2D eigenvalue weighted by Gasteiger charge is 2.32. The summed E-state index contributed by atoms with van der Waals surface area (Å²) in [6.07, 6.45) is -4.36. The molecule has 8 heteroatoms. The maximum absolute atomic E-state index is 12.5. The van der Waals surface area contributed by atoms with Crippen LogP contribution in [0.4, 0.5) is 18.0 Å². The van der Waals surface area contributed by atoms with E-state index in [4.69, 9.17) is 0 Å². The van der Waals surface area contributed by atoms with Gasteiger partial charge >= 0.3 is 12.2 Å².